The number of thiophene rings is 1. The Hall–Kier alpha value is -1.60. The Morgan fingerprint density at radius 1 is 1.56 bits per heavy atom. The van der Waals surface area contributed by atoms with Gasteiger partial charge in [0, 0.05) is 12.6 Å². The molecule has 0 aromatic carbocycles. The Morgan fingerprint density at radius 3 is 3.06 bits per heavy atom. The van der Waals surface area contributed by atoms with Crippen molar-refractivity contribution in [2.45, 2.75) is 19.4 Å². The molecule has 0 spiro atoms. The molecule has 3 nitrogen and oxygen atoms in total. The van der Waals surface area contributed by atoms with Crippen LogP contribution in [-0.2, 0) is 6.54 Å². The standard InChI is InChI=1S/C12H11N3S/c13-7-10-6-11(12-2-1-5-16-12)14-15(10)8-9-3-4-9/h1-2,5-6,9H,3-4,8H2. The highest BCUT2D eigenvalue weighted by molar-refractivity contribution is 7.13. The maximum Gasteiger partial charge on any atom is 0.139 e. The van der Waals surface area contributed by atoms with E-state index in [1.807, 2.05) is 28.3 Å². The first kappa shape index (κ1) is 9.61. The molecule has 0 saturated heterocycles. The molecule has 0 bridgehead atoms. The van der Waals surface area contributed by atoms with Crippen LogP contribution in [0.15, 0.2) is 23.6 Å². The predicted molar refractivity (Wildman–Crippen MR) is 63.0 cm³/mol. The molecule has 0 unspecified atom stereocenters. The van der Waals surface area contributed by atoms with Gasteiger partial charge in [-0.3, -0.25) is 4.68 Å². The molecule has 1 fully saturated rings. The summed E-state index contributed by atoms with van der Waals surface area (Å²) in [7, 11) is 0. The molecule has 3 rings (SSSR count). The minimum Gasteiger partial charge on any atom is -0.254 e. The van der Waals surface area contributed by atoms with E-state index in [9.17, 15) is 0 Å². The summed E-state index contributed by atoms with van der Waals surface area (Å²) in [6, 6.07) is 8.14. The first-order chi connectivity index (χ1) is 7.86. The lowest BCUT2D eigenvalue weighted by Crippen LogP contribution is -2.04. The highest BCUT2D eigenvalue weighted by atomic mass is 32.1. The van der Waals surface area contributed by atoms with Crippen molar-refractivity contribution in [1.82, 2.24) is 9.78 Å². The summed E-state index contributed by atoms with van der Waals surface area (Å²) in [6.45, 7) is 0.897. The van der Waals surface area contributed by atoms with E-state index in [2.05, 4.69) is 11.2 Å². The second kappa shape index (κ2) is 3.76. The minimum absolute atomic E-state index is 0.676. The third-order valence-corrected chi connectivity index (χ3v) is 3.69. The van der Waals surface area contributed by atoms with Gasteiger partial charge in [-0.25, -0.2) is 0 Å². The van der Waals surface area contributed by atoms with Crippen molar-refractivity contribution in [2.24, 2.45) is 5.92 Å². The SMILES string of the molecule is N#Cc1cc(-c2cccs2)nn1CC1CC1. The van der Waals surface area contributed by atoms with Crippen LogP contribution in [0.3, 0.4) is 0 Å². The van der Waals surface area contributed by atoms with E-state index in [1.165, 1.54) is 12.8 Å². The molecule has 2 aromatic heterocycles. The van der Waals surface area contributed by atoms with Crippen LogP contribution < -0.4 is 0 Å². The van der Waals surface area contributed by atoms with Gasteiger partial charge in [0.2, 0.25) is 0 Å². The molecular formula is C12H11N3S. The van der Waals surface area contributed by atoms with E-state index in [0.29, 0.717) is 5.69 Å². The lowest BCUT2D eigenvalue weighted by Gasteiger charge is -1.99. The number of nitriles is 1. The van der Waals surface area contributed by atoms with Crippen molar-refractivity contribution in [1.29, 1.82) is 5.26 Å². The molecule has 16 heavy (non-hydrogen) atoms. The van der Waals surface area contributed by atoms with Crippen LogP contribution in [0.1, 0.15) is 18.5 Å². The van der Waals surface area contributed by atoms with Gasteiger partial charge in [-0.15, -0.1) is 11.3 Å². The van der Waals surface area contributed by atoms with Crippen LogP contribution in [0, 0.1) is 17.2 Å². The zero-order valence-corrected chi connectivity index (χ0v) is 9.57. The average Bonchev–Trinajstić information content (AvgIpc) is 2.83. The summed E-state index contributed by atoms with van der Waals surface area (Å²) < 4.78 is 1.85. The summed E-state index contributed by atoms with van der Waals surface area (Å²) in [5.41, 5.74) is 1.60. The fourth-order valence-corrected chi connectivity index (χ4v) is 2.42. The number of rotatable bonds is 3. The monoisotopic (exact) mass is 229 g/mol. The Kier molecular flexibility index (Phi) is 2.26. The summed E-state index contributed by atoms with van der Waals surface area (Å²) in [5, 5.41) is 15.6. The van der Waals surface area contributed by atoms with Crippen LogP contribution in [0.4, 0.5) is 0 Å². The number of hydrogen-bond donors (Lipinski definition) is 0. The Labute approximate surface area is 97.9 Å². The third-order valence-electron chi connectivity index (χ3n) is 2.80. The van der Waals surface area contributed by atoms with Gasteiger partial charge < -0.3 is 0 Å². The molecule has 0 N–H and O–H groups in total. The maximum absolute atomic E-state index is 9.06. The van der Waals surface area contributed by atoms with Crippen LogP contribution in [0.25, 0.3) is 10.6 Å². The largest absolute Gasteiger partial charge is 0.254 e. The first-order valence-corrected chi connectivity index (χ1v) is 6.26. The van der Waals surface area contributed by atoms with Gasteiger partial charge in [0.15, 0.2) is 0 Å². The normalized spacial score (nSPS) is 14.9. The van der Waals surface area contributed by atoms with Crippen molar-refractivity contribution < 1.29 is 0 Å². The number of aromatic nitrogens is 2. The second-order valence-electron chi connectivity index (χ2n) is 4.13. The van der Waals surface area contributed by atoms with Gasteiger partial charge in [-0.1, -0.05) is 6.07 Å². The molecule has 2 heterocycles. The van der Waals surface area contributed by atoms with Crippen molar-refractivity contribution in [2.75, 3.05) is 0 Å². The molecule has 1 saturated carbocycles. The molecule has 0 aliphatic heterocycles. The molecule has 1 aliphatic rings. The van der Waals surface area contributed by atoms with E-state index in [4.69, 9.17) is 5.26 Å². The van der Waals surface area contributed by atoms with Crippen LogP contribution in [0.5, 0.6) is 0 Å². The van der Waals surface area contributed by atoms with Crippen molar-refractivity contribution in [3.8, 4) is 16.6 Å². The molecular weight excluding hydrogens is 218 g/mol. The number of hydrogen-bond acceptors (Lipinski definition) is 3. The fourth-order valence-electron chi connectivity index (χ4n) is 1.74. The van der Waals surface area contributed by atoms with Crippen molar-refractivity contribution >= 4 is 11.3 Å². The Bertz CT molecular complexity index is 529. The lowest BCUT2D eigenvalue weighted by atomic mass is 10.3. The summed E-state index contributed by atoms with van der Waals surface area (Å²) in [4.78, 5) is 1.13. The van der Waals surface area contributed by atoms with Crippen LogP contribution in [-0.4, -0.2) is 9.78 Å². The number of nitrogens with zero attached hydrogens (tertiary/aromatic N) is 3. The molecule has 0 atom stereocenters. The zero-order valence-electron chi connectivity index (χ0n) is 8.76. The van der Waals surface area contributed by atoms with Gasteiger partial charge in [0.25, 0.3) is 0 Å². The predicted octanol–water partition coefficient (Wildman–Crippen LogP) is 2.89. The van der Waals surface area contributed by atoms with Gasteiger partial charge >= 0.3 is 0 Å². The summed E-state index contributed by atoms with van der Waals surface area (Å²) in [6.07, 6.45) is 2.55. The van der Waals surface area contributed by atoms with E-state index >= 15 is 0 Å². The minimum atomic E-state index is 0.676. The van der Waals surface area contributed by atoms with E-state index in [1.54, 1.807) is 11.3 Å². The Balaban J connectivity index is 1.95. The molecule has 2 aromatic rings. The van der Waals surface area contributed by atoms with Gasteiger partial charge in [-0.05, 0) is 30.2 Å². The molecule has 80 valence electrons. The summed E-state index contributed by atoms with van der Waals surface area (Å²) >= 11 is 1.66. The molecule has 1 aliphatic carbocycles. The Morgan fingerprint density at radius 2 is 2.44 bits per heavy atom. The quantitative estimate of drug-likeness (QED) is 0.812. The fraction of sp³-hybridized carbons (Fsp3) is 0.333. The first-order valence-electron chi connectivity index (χ1n) is 5.38. The van der Waals surface area contributed by atoms with Crippen LogP contribution in [0.2, 0.25) is 0 Å². The second-order valence-corrected chi connectivity index (χ2v) is 5.08. The third kappa shape index (κ3) is 1.74. The highest BCUT2D eigenvalue weighted by Crippen LogP contribution is 2.32. The van der Waals surface area contributed by atoms with E-state index < -0.39 is 0 Å². The molecule has 0 radical (unpaired) electrons. The van der Waals surface area contributed by atoms with Crippen LogP contribution >= 0.6 is 11.3 Å². The van der Waals surface area contributed by atoms with Gasteiger partial charge in [0.05, 0.1) is 4.88 Å². The summed E-state index contributed by atoms with van der Waals surface area (Å²) in [5.74, 6) is 0.739. The van der Waals surface area contributed by atoms with Crippen molar-refractivity contribution in [3.05, 3.63) is 29.3 Å². The van der Waals surface area contributed by atoms with E-state index in [0.717, 1.165) is 23.0 Å². The zero-order chi connectivity index (χ0) is 11.0. The lowest BCUT2D eigenvalue weighted by molar-refractivity contribution is 0.559. The van der Waals surface area contributed by atoms with Gasteiger partial charge in [0.1, 0.15) is 17.5 Å². The molecule has 0 amide bonds. The topological polar surface area (TPSA) is 41.6 Å². The highest BCUT2D eigenvalue weighted by Gasteiger charge is 2.23. The average molecular weight is 229 g/mol. The van der Waals surface area contributed by atoms with Gasteiger partial charge in [-0.2, -0.15) is 10.4 Å². The smallest absolute Gasteiger partial charge is 0.139 e. The van der Waals surface area contributed by atoms with Crippen molar-refractivity contribution in [3.63, 3.8) is 0 Å². The maximum atomic E-state index is 9.06. The van der Waals surface area contributed by atoms with E-state index in [-0.39, 0.29) is 0 Å². The molecule has 4 heteroatoms.